The van der Waals surface area contributed by atoms with Crippen LogP contribution < -0.4 is 14.8 Å². The Bertz CT molecular complexity index is 818. The van der Waals surface area contributed by atoms with Crippen molar-refractivity contribution < 1.29 is 13.9 Å². The third kappa shape index (κ3) is 4.51. The van der Waals surface area contributed by atoms with Crippen LogP contribution in [-0.4, -0.2) is 7.11 Å². The molecular formula is C21H20FNO2. The Morgan fingerprint density at radius 3 is 2.24 bits per heavy atom. The fourth-order valence-electron chi connectivity index (χ4n) is 2.47. The van der Waals surface area contributed by atoms with E-state index in [9.17, 15) is 4.39 Å². The van der Waals surface area contributed by atoms with Crippen LogP contribution in [0.25, 0.3) is 0 Å². The standard InChI is InChI=1S/C21H20FNO2/c1-24-19-12-10-18(11-13-19)23-14-16-6-3-5-9-21(16)25-15-17-7-2-4-8-20(17)22/h2-13,23H,14-15H2,1H3. The first-order valence-electron chi connectivity index (χ1n) is 8.08. The van der Waals surface area contributed by atoms with Gasteiger partial charge in [0.15, 0.2) is 0 Å². The van der Waals surface area contributed by atoms with Crippen LogP contribution in [0.4, 0.5) is 10.1 Å². The Labute approximate surface area is 147 Å². The molecule has 0 radical (unpaired) electrons. The van der Waals surface area contributed by atoms with Crippen LogP contribution in [0.2, 0.25) is 0 Å². The molecule has 3 aromatic rings. The van der Waals surface area contributed by atoms with Crippen LogP contribution in [0.1, 0.15) is 11.1 Å². The molecule has 128 valence electrons. The molecule has 0 amide bonds. The van der Waals surface area contributed by atoms with Gasteiger partial charge in [-0.15, -0.1) is 0 Å². The molecule has 0 atom stereocenters. The summed E-state index contributed by atoms with van der Waals surface area (Å²) >= 11 is 0. The zero-order valence-electron chi connectivity index (χ0n) is 14.0. The van der Waals surface area contributed by atoms with Gasteiger partial charge in [0.25, 0.3) is 0 Å². The molecule has 4 heteroatoms. The third-order valence-electron chi connectivity index (χ3n) is 3.89. The van der Waals surface area contributed by atoms with E-state index in [2.05, 4.69) is 5.32 Å². The number of nitrogens with one attached hydrogen (secondary N) is 1. The minimum Gasteiger partial charge on any atom is -0.497 e. The molecule has 0 aliphatic carbocycles. The molecule has 0 heterocycles. The molecule has 3 rings (SSSR count). The van der Waals surface area contributed by atoms with E-state index >= 15 is 0 Å². The van der Waals surface area contributed by atoms with Crippen molar-refractivity contribution >= 4 is 5.69 Å². The molecule has 3 aromatic carbocycles. The summed E-state index contributed by atoms with van der Waals surface area (Å²) in [5, 5.41) is 3.35. The molecule has 0 aliphatic rings. The maximum Gasteiger partial charge on any atom is 0.129 e. The molecule has 0 unspecified atom stereocenters. The van der Waals surface area contributed by atoms with E-state index in [0.29, 0.717) is 12.1 Å². The summed E-state index contributed by atoms with van der Waals surface area (Å²) < 4.78 is 24.7. The normalized spacial score (nSPS) is 10.3. The smallest absolute Gasteiger partial charge is 0.129 e. The summed E-state index contributed by atoms with van der Waals surface area (Å²) in [7, 11) is 1.64. The van der Waals surface area contributed by atoms with Crippen molar-refractivity contribution in [2.75, 3.05) is 12.4 Å². The first-order chi connectivity index (χ1) is 12.3. The van der Waals surface area contributed by atoms with Gasteiger partial charge < -0.3 is 14.8 Å². The highest BCUT2D eigenvalue weighted by molar-refractivity contribution is 5.48. The molecule has 0 fully saturated rings. The van der Waals surface area contributed by atoms with Gasteiger partial charge in [0, 0.05) is 23.4 Å². The SMILES string of the molecule is COc1ccc(NCc2ccccc2OCc2ccccc2F)cc1. The molecule has 0 spiro atoms. The monoisotopic (exact) mass is 337 g/mol. The van der Waals surface area contributed by atoms with Crippen molar-refractivity contribution in [3.63, 3.8) is 0 Å². The van der Waals surface area contributed by atoms with Crippen molar-refractivity contribution in [2.45, 2.75) is 13.2 Å². The van der Waals surface area contributed by atoms with Gasteiger partial charge in [-0.25, -0.2) is 4.39 Å². The summed E-state index contributed by atoms with van der Waals surface area (Å²) in [6.45, 7) is 0.812. The van der Waals surface area contributed by atoms with Crippen LogP contribution >= 0.6 is 0 Å². The maximum absolute atomic E-state index is 13.7. The largest absolute Gasteiger partial charge is 0.497 e. The lowest BCUT2D eigenvalue weighted by Crippen LogP contribution is -2.04. The van der Waals surface area contributed by atoms with Gasteiger partial charge in [0.05, 0.1) is 7.11 Å². The predicted molar refractivity (Wildman–Crippen MR) is 97.5 cm³/mol. The van der Waals surface area contributed by atoms with E-state index in [-0.39, 0.29) is 12.4 Å². The number of hydrogen-bond donors (Lipinski definition) is 1. The highest BCUT2D eigenvalue weighted by Crippen LogP contribution is 2.22. The quantitative estimate of drug-likeness (QED) is 0.656. The fraction of sp³-hybridized carbons (Fsp3) is 0.143. The van der Waals surface area contributed by atoms with E-state index in [1.54, 1.807) is 25.3 Å². The Hall–Kier alpha value is -3.01. The van der Waals surface area contributed by atoms with Crippen LogP contribution in [0.15, 0.2) is 72.8 Å². The van der Waals surface area contributed by atoms with Gasteiger partial charge in [-0.3, -0.25) is 0 Å². The molecule has 0 bridgehead atoms. The van der Waals surface area contributed by atoms with Gasteiger partial charge in [-0.2, -0.15) is 0 Å². The number of hydrogen-bond acceptors (Lipinski definition) is 3. The number of ether oxygens (including phenoxy) is 2. The third-order valence-corrected chi connectivity index (χ3v) is 3.89. The average molecular weight is 337 g/mol. The lowest BCUT2D eigenvalue weighted by molar-refractivity contribution is 0.297. The summed E-state index contributed by atoms with van der Waals surface area (Å²) in [6.07, 6.45) is 0. The minimum atomic E-state index is -0.253. The summed E-state index contributed by atoms with van der Waals surface area (Å²) in [6, 6.07) is 22.1. The maximum atomic E-state index is 13.7. The van der Waals surface area contributed by atoms with E-state index in [0.717, 1.165) is 22.7 Å². The molecule has 0 aliphatic heterocycles. The van der Waals surface area contributed by atoms with Crippen molar-refractivity contribution in [1.82, 2.24) is 0 Å². The Morgan fingerprint density at radius 1 is 0.840 bits per heavy atom. The highest BCUT2D eigenvalue weighted by Gasteiger charge is 2.06. The molecule has 0 aromatic heterocycles. The number of methoxy groups -OCH3 is 1. The first kappa shape index (κ1) is 16.8. The van der Waals surface area contributed by atoms with Gasteiger partial charge >= 0.3 is 0 Å². The predicted octanol–water partition coefficient (Wildman–Crippen LogP) is 5.03. The lowest BCUT2D eigenvalue weighted by Gasteiger charge is -2.13. The van der Waals surface area contributed by atoms with Crippen LogP contribution in [0.5, 0.6) is 11.5 Å². The number of para-hydroxylation sites is 1. The van der Waals surface area contributed by atoms with Crippen LogP contribution in [-0.2, 0) is 13.2 Å². The second-order valence-corrected chi connectivity index (χ2v) is 5.57. The zero-order valence-corrected chi connectivity index (χ0v) is 14.0. The van der Waals surface area contributed by atoms with Crippen molar-refractivity contribution in [3.05, 3.63) is 89.7 Å². The number of anilines is 1. The molecular weight excluding hydrogens is 317 g/mol. The topological polar surface area (TPSA) is 30.5 Å². The number of halogens is 1. The lowest BCUT2D eigenvalue weighted by atomic mass is 10.2. The number of rotatable bonds is 7. The molecule has 25 heavy (non-hydrogen) atoms. The summed E-state index contributed by atoms with van der Waals surface area (Å²) in [5.74, 6) is 1.31. The minimum absolute atomic E-state index is 0.201. The van der Waals surface area contributed by atoms with Crippen LogP contribution in [0.3, 0.4) is 0 Å². The average Bonchev–Trinajstić information content (AvgIpc) is 2.67. The van der Waals surface area contributed by atoms with E-state index in [1.165, 1.54) is 6.07 Å². The Kier molecular flexibility index (Phi) is 5.52. The van der Waals surface area contributed by atoms with Crippen molar-refractivity contribution in [2.24, 2.45) is 0 Å². The summed E-state index contributed by atoms with van der Waals surface area (Å²) in [4.78, 5) is 0. The van der Waals surface area contributed by atoms with Gasteiger partial charge in [-0.1, -0.05) is 36.4 Å². The van der Waals surface area contributed by atoms with Gasteiger partial charge in [0.2, 0.25) is 0 Å². The van der Waals surface area contributed by atoms with Crippen LogP contribution in [0, 0.1) is 5.82 Å². The zero-order chi connectivity index (χ0) is 17.5. The van der Waals surface area contributed by atoms with E-state index in [1.807, 2.05) is 48.5 Å². The Morgan fingerprint density at radius 2 is 1.52 bits per heavy atom. The highest BCUT2D eigenvalue weighted by atomic mass is 19.1. The second-order valence-electron chi connectivity index (χ2n) is 5.57. The van der Waals surface area contributed by atoms with Crippen molar-refractivity contribution in [1.29, 1.82) is 0 Å². The van der Waals surface area contributed by atoms with E-state index in [4.69, 9.17) is 9.47 Å². The van der Waals surface area contributed by atoms with Crippen molar-refractivity contribution in [3.8, 4) is 11.5 Å². The van der Waals surface area contributed by atoms with Gasteiger partial charge in [0.1, 0.15) is 23.9 Å². The first-order valence-corrected chi connectivity index (χ1v) is 8.08. The molecule has 0 saturated carbocycles. The second kappa shape index (κ2) is 8.20. The summed E-state index contributed by atoms with van der Waals surface area (Å²) in [5.41, 5.74) is 2.54. The molecule has 0 saturated heterocycles. The van der Waals surface area contributed by atoms with Gasteiger partial charge in [-0.05, 0) is 36.4 Å². The number of benzene rings is 3. The van der Waals surface area contributed by atoms with E-state index < -0.39 is 0 Å². The fourth-order valence-corrected chi connectivity index (χ4v) is 2.47. The molecule has 3 nitrogen and oxygen atoms in total. The Balaban J connectivity index is 1.65. The molecule has 1 N–H and O–H groups in total.